The van der Waals surface area contributed by atoms with Gasteiger partial charge < -0.3 is 10.3 Å². The maximum absolute atomic E-state index is 3.51. The third kappa shape index (κ3) is 1.35. The molecule has 1 atom stereocenters. The summed E-state index contributed by atoms with van der Waals surface area (Å²) in [7, 11) is 0. The molecule has 0 radical (unpaired) electrons. The molecule has 0 aliphatic carbocycles. The molecule has 0 amide bonds. The number of nitrogens with one attached hydrogen (secondary N) is 2. The van der Waals surface area contributed by atoms with Gasteiger partial charge in [0.1, 0.15) is 0 Å². The molecule has 0 saturated carbocycles. The second kappa shape index (κ2) is 2.99. The number of aromatic nitrogens is 1. The van der Waals surface area contributed by atoms with Crippen LogP contribution < -0.4 is 5.32 Å². The fourth-order valence-corrected chi connectivity index (χ4v) is 2.08. The van der Waals surface area contributed by atoms with Crippen LogP contribution in [-0.4, -0.2) is 11.5 Å². The van der Waals surface area contributed by atoms with Gasteiger partial charge in [0.15, 0.2) is 0 Å². The van der Waals surface area contributed by atoms with Crippen molar-refractivity contribution in [2.24, 2.45) is 0 Å². The van der Waals surface area contributed by atoms with Gasteiger partial charge in [-0.25, -0.2) is 0 Å². The number of rotatable bonds is 1. The summed E-state index contributed by atoms with van der Waals surface area (Å²) in [5, 5.41) is 3.44. The summed E-state index contributed by atoms with van der Waals surface area (Å²) in [6.45, 7) is 1.15. The van der Waals surface area contributed by atoms with Crippen LogP contribution in [0.4, 0.5) is 0 Å². The highest BCUT2D eigenvalue weighted by molar-refractivity contribution is 9.10. The molecule has 0 aromatic carbocycles. The van der Waals surface area contributed by atoms with E-state index in [1.165, 1.54) is 23.0 Å². The predicted molar refractivity (Wildman–Crippen MR) is 48.5 cm³/mol. The topological polar surface area (TPSA) is 27.8 Å². The van der Waals surface area contributed by atoms with E-state index in [2.05, 4.69) is 32.3 Å². The van der Waals surface area contributed by atoms with Gasteiger partial charge in [0.05, 0.1) is 0 Å². The van der Waals surface area contributed by atoms with E-state index in [1.54, 1.807) is 0 Å². The zero-order valence-corrected chi connectivity index (χ0v) is 7.82. The monoisotopic (exact) mass is 214 g/mol. The molecule has 2 nitrogen and oxygen atoms in total. The lowest BCUT2D eigenvalue weighted by atomic mass is 10.2. The highest BCUT2D eigenvalue weighted by Crippen LogP contribution is 2.27. The van der Waals surface area contributed by atoms with Gasteiger partial charge >= 0.3 is 0 Å². The van der Waals surface area contributed by atoms with E-state index in [-0.39, 0.29) is 0 Å². The molecule has 0 spiro atoms. The van der Waals surface area contributed by atoms with E-state index in [0.29, 0.717) is 6.04 Å². The highest BCUT2D eigenvalue weighted by Gasteiger charge is 2.18. The molecule has 2 rings (SSSR count). The van der Waals surface area contributed by atoms with E-state index >= 15 is 0 Å². The first kappa shape index (κ1) is 7.37. The van der Waals surface area contributed by atoms with Crippen LogP contribution in [-0.2, 0) is 0 Å². The zero-order chi connectivity index (χ0) is 7.68. The van der Waals surface area contributed by atoms with Crippen LogP contribution in [0.15, 0.2) is 16.7 Å². The van der Waals surface area contributed by atoms with Crippen LogP contribution >= 0.6 is 15.9 Å². The summed E-state index contributed by atoms with van der Waals surface area (Å²) in [5.74, 6) is 0. The van der Waals surface area contributed by atoms with Crippen molar-refractivity contribution in [1.82, 2.24) is 10.3 Å². The smallest absolute Gasteiger partial charge is 0.0484 e. The van der Waals surface area contributed by atoms with E-state index in [0.717, 1.165) is 6.54 Å². The van der Waals surface area contributed by atoms with Gasteiger partial charge in [-0.3, -0.25) is 0 Å². The Balaban J connectivity index is 2.21. The lowest BCUT2D eigenvalue weighted by molar-refractivity contribution is 0.629. The van der Waals surface area contributed by atoms with Gasteiger partial charge in [0.2, 0.25) is 0 Å². The van der Waals surface area contributed by atoms with Gasteiger partial charge in [-0.05, 0) is 41.4 Å². The summed E-state index contributed by atoms with van der Waals surface area (Å²) >= 11 is 3.51. The quantitative estimate of drug-likeness (QED) is 0.738. The van der Waals surface area contributed by atoms with Crippen molar-refractivity contribution in [2.75, 3.05) is 6.54 Å². The Morgan fingerprint density at radius 2 is 2.45 bits per heavy atom. The van der Waals surface area contributed by atoms with Crippen LogP contribution in [0.2, 0.25) is 0 Å². The average Bonchev–Trinajstić information content (AvgIpc) is 2.55. The minimum absolute atomic E-state index is 0.541. The number of hydrogen-bond donors (Lipinski definition) is 2. The second-order valence-corrected chi connectivity index (χ2v) is 3.74. The van der Waals surface area contributed by atoms with Crippen LogP contribution in [0, 0.1) is 0 Å². The summed E-state index contributed by atoms with van der Waals surface area (Å²) in [5.41, 5.74) is 1.29. The van der Waals surface area contributed by atoms with Crippen molar-refractivity contribution in [2.45, 2.75) is 18.9 Å². The molecular formula is C8H11BrN2. The molecule has 1 aromatic rings. The molecule has 1 aliphatic heterocycles. The Morgan fingerprint density at radius 3 is 3.00 bits per heavy atom. The largest absolute Gasteiger partial charge is 0.363 e. The van der Waals surface area contributed by atoms with Crippen LogP contribution in [0.25, 0.3) is 0 Å². The molecule has 2 N–H and O–H groups in total. The molecule has 1 fully saturated rings. The fourth-order valence-electron chi connectivity index (χ4n) is 1.56. The summed E-state index contributed by atoms with van der Waals surface area (Å²) in [6, 6.07) is 2.59. The number of hydrogen-bond acceptors (Lipinski definition) is 1. The molecule has 2 heterocycles. The van der Waals surface area contributed by atoms with Gasteiger partial charge in [0.25, 0.3) is 0 Å². The zero-order valence-electron chi connectivity index (χ0n) is 6.23. The summed E-state index contributed by atoms with van der Waals surface area (Å²) in [6.07, 6.45) is 4.51. The molecular weight excluding hydrogens is 204 g/mol. The van der Waals surface area contributed by atoms with E-state index in [4.69, 9.17) is 0 Å². The Hall–Kier alpha value is -0.280. The van der Waals surface area contributed by atoms with E-state index < -0.39 is 0 Å². The molecule has 1 saturated heterocycles. The fraction of sp³-hybridized carbons (Fsp3) is 0.500. The first-order valence-corrected chi connectivity index (χ1v) is 4.73. The van der Waals surface area contributed by atoms with Gasteiger partial charge in [-0.15, -0.1) is 0 Å². The average molecular weight is 215 g/mol. The normalized spacial score (nSPS) is 24.3. The van der Waals surface area contributed by atoms with Crippen LogP contribution in [0.1, 0.15) is 24.6 Å². The molecule has 0 unspecified atom stereocenters. The Labute approximate surface area is 74.5 Å². The molecule has 1 aromatic heterocycles. The lowest BCUT2D eigenvalue weighted by Crippen LogP contribution is -2.13. The van der Waals surface area contributed by atoms with Crippen molar-refractivity contribution in [3.8, 4) is 0 Å². The van der Waals surface area contributed by atoms with E-state index in [9.17, 15) is 0 Å². The van der Waals surface area contributed by atoms with Gasteiger partial charge in [-0.1, -0.05) is 0 Å². The Bertz CT molecular complexity index is 238. The predicted octanol–water partition coefficient (Wildman–Crippen LogP) is 2.20. The molecule has 11 heavy (non-hydrogen) atoms. The number of halogens is 1. The standard InChI is InChI=1S/C8H11BrN2/c9-6-3-5-11-8(6)7-2-1-4-10-7/h3,5,7,10-11H,1-2,4H2/t7-/m0/s1. The SMILES string of the molecule is Brc1cc[nH]c1[C@@H]1CCCN1. The van der Waals surface area contributed by atoms with E-state index in [1.807, 2.05) is 6.20 Å². The van der Waals surface area contributed by atoms with Crippen molar-refractivity contribution >= 4 is 15.9 Å². The first-order valence-electron chi connectivity index (χ1n) is 3.94. The molecule has 60 valence electrons. The summed E-state index contributed by atoms with van der Waals surface area (Å²) < 4.78 is 1.19. The Kier molecular flexibility index (Phi) is 2.00. The summed E-state index contributed by atoms with van der Waals surface area (Å²) in [4.78, 5) is 3.24. The van der Waals surface area contributed by atoms with Crippen molar-refractivity contribution in [3.05, 3.63) is 22.4 Å². The minimum Gasteiger partial charge on any atom is -0.363 e. The number of aromatic amines is 1. The van der Waals surface area contributed by atoms with Crippen molar-refractivity contribution in [3.63, 3.8) is 0 Å². The molecule has 1 aliphatic rings. The van der Waals surface area contributed by atoms with Gasteiger partial charge in [-0.2, -0.15) is 0 Å². The minimum atomic E-state index is 0.541. The molecule has 0 bridgehead atoms. The van der Waals surface area contributed by atoms with Crippen molar-refractivity contribution in [1.29, 1.82) is 0 Å². The van der Waals surface area contributed by atoms with Gasteiger partial charge in [0, 0.05) is 22.4 Å². The highest BCUT2D eigenvalue weighted by atomic mass is 79.9. The second-order valence-electron chi connectivity index (χ2n) is 2.89. The van der Waals surface area contributed by atoms with Crippen LogP contribution in [0.5, 0.6) is 0 Å². The van der Waals surface area contributed by atoms with Crippen molar-refractivity contribution < 1.29 is 0 Å². The maximum Gasteiger partial charge on any atom is 0.0484 e. The third-order valence-electron chi connectivity index (χ3n) is 2.13. The maximum atomic E-state index is 3.51. The van der Waals surface area contributed by atoms with Crippen LogP contribution in [0.3, 0.4) is 0 Å². The first-order chi connectivity index (χ1) is 5.38. The Morgan fingerprint density at radius 1 is 1.55 bits per heavy atom. The third-order valence-corrected chi connectivity index (χ3v) is 2.83. The lowest BCUT2D eigenvalue weighted by Gasteiger charge is -2.07. The number of H-pyrrole nitrogens is 1. The molecule has 3 heteroatoms.